The lowest BCUT2D eigenvalue weighted by Crippen LogP contribution is -2.50. The van der Waals surface area contributed by atoms with Gasteiger partial charge in [-0.15, -0.1) is 0 Å². The number of anilines is 1. The Labute approximate surface area is 225 Å². The summed E-state index contributed by atoms with van der Waals surface area (Å²) in [6.45, 7) is 8.10. The highest BCUT2D eigenvalue weighted by molar-refractivity contribution is 5.78. The Morgan fingerprint density at radius 3 is 2.66 bits per heavy atom. The van der Waals surface area contributed by atoms with Gasteiger partial charge >= 0.3 is 0 Å². The van der Waals surface area contributed by atoms with Gasteiger partial charge in [0.15, 0.2) is 0 Å². The number of hydrogen-bond donors (Lipinski definition) is 0. The van der Waals surface area contributed by atoms with E-state index in [2.05, 4.69) is 55.6 Å². The van der Waals surface area contributed by atoms with Crippen LogP contribution >= 0.6 is 0 Å². The molecular formula is C30H39N7O. The molecule has 0 unspecified atom stereocenters. The van der Waals surface area contributed by atoms with Crippen LogP contribution < -0.4 is 4.90 Å². The van der Waals surface area contributed by atoms with Crippen molar-refractivity contribution in [1.29, 1.82) is 0 Å². The normalized spacial score (nSPS) is 24.5. The van der Waals surface area contributed by atoms with Crippen LogP contribution in [0.1, 0.15) is 55.1 Å². The van der Waals surface area contributed by atoms with E-state index < -0.39 is 0 Å². The van der Waals surface area contributed by atoms with Crippen LogP contribution in [0.4, 0.5) is 5.82 Å². The van der Waals surface area contributed by atoms with Crippen LogP contribution in [0.3, 0.4) is 0 Å². The first-order valence-corrected chi connectivity index (χ1v) is 14.6. The molecule has 3 aromatic rings. The van der Waals surface area contributed by atoms with Gasteiger partial charge in [-0.2, -0.15) is 0 Å². The maximum Gasteiger partial charge on any atom is 0.236 e. The summed E-state index contributed by atoms with van der Waals surface area (Å²) in [5.74, 6) is 2.20. The van der Waals surface area contributed by atoms with Gasteiger partial charge in [-0.1, -0.05) is 12.1 Å². The molecule has 8 heteroatoms. The van der Waals surface area contributed by atoms with Gasteiger partial charge in [0, 0.05) is 58.2 Å². The number of piperidine rings is 1. The van der Waals surface area contributed by atoms with Crippen LogP contribution in [0, 0.1) is 5.92 Å². The summed E-state index contributed by atoms with van der Waals surface area (Å²) in [6, 6.07) is 11.2. The molecule has 0 spiro atoms. The summed E-state index contributed by atoms with van der Waals surface area (Å²) in [5, 5.41) is 0. The first-order chi connectivity index (χ1) is 18.7. The number of nitrogens with zero attached hydrogens (tertiary/aromatic N) is 7. The molecule has 38 heavy (non-hydrogen) atoms. The number of carbonyl (C=O) groups excluding carboxylic acids is 1. The highest BCUT2D eigenvalue weighted by atomic mass is 16.2. The van der Waals surface area contributed by atoms with Crippen LogP contribution in [-0.4, -0.2) is 87.3 Å². The first kappa shape index (κ1) is 24.1. The summed E-state index contributed by atoms with van der Waals surface area (Å²) >= 11 is 0. The number of amides is 1. The third kappa shape index (κ3) is 4.58. The SMILES string of the molecule is O=C(CN1CCN(c2cccc3nc(CN4CCC[C@H]5CCc6cccnc6[C@H]54)cn23)CC1)N1CCCC1. The van der Waals surface area contributed by atoms with E-state index in [1.54, 1.807) is 0 Å². The molecule has 1 amide bonds. The topological polar surface area (TPSA) is 60.2 Å². The number of hydrogen-bond acceptors (Lipinski definition) is 6. The molecule has 4 aliphatic rings. The zero-order valence-corrected chi connectivity index (χ0v) is 22.3. The van der Waals surface area contributed by atoms with E-state index in [0.717, 1.165) is 83.0 Å². The van der Waals surface area contributed by atoms with Gasteiger partial charge in [-0.3, -0.25) is 24.0 Å². The van der Waals surface area contributed by atoms with E-state index in [1.165, 1.54) is 36.3 Å². The van der Waals surface area contributed by atoms with Crippen LogP contribution in [0.5, 0.6) is 0 Å². The van der Waals surface area contributed by atoms with Crippen LogP contribution in [-0.2, 0) is 17.8 Å². The summed E-state index contributed by atoms with van der Waals surface area (Å²) in [7, 11) is 0. The third-order valence-corrected chi connectivity index (χ3v) is 9.25. The van der Waals surface area contributed by atoms with E-state index >= 15 is 0 Å². The zero-order valence-electron chi connectivity index (χ0n) is 22.3. The molecule has 3 aliphatic heterocycles. The molecule has 1 aliphatic carbocycles. The van der Waals surface area contributed by atoms with Gasteiger partial charge in [-0.05, 0) is 74.8 Å². The number of likely N-dealkylation sites (tertiary alicyclic amines) is 2. The second kappa shape index (κ2) is 10.3. The molecule has 0 aromatic carbocycles. The lowest BCUT2D eigenvalue weighted by molar-refractivity contribution is -0.131. The molecule has 7 rings (SSSR count). The van der Waals surface area contributed by atoms with Crippen molar-refractivity contribution in [3.63, 3.8) is 0 Å². The second-order valence-corrected chi connectivity index (χ2v) is 11.6. The Morgan fingerprint density at radius 2 is 1.79 bits per heavy atom. The fourth-order valence-electron chi connectivity index (χ4n) is 7.28. The van der Waals surface area contributed by atoms with Crippen molar-refractivity contribution in [1.82, 2.24) is 29.1 Å². The second-order valence-electron chi connectivity index (χ2n) is 11.6. The molecule has 0 bridgehead atoms. The lowest BCUT2D eigenvalue weighted by atomic mass is 9.77. The van der Waals surface area contributed by atoms with Crippen LogP contribution in [0.25, 0.3) is 5.65 Å². The largest absolute Gasteiger partial charge is 0.355 e. The Kier molecular flexibility index (Phi) is 6.53. The zero-order chi connectivity index (χ0) is 25.5. The summed E-state index contributed by atoms with van der Waals surface area (Å²) in [6.07, 6.45) is 11.5. The summed E-state index contributed by atoms with van der Waals surface area (Å²) in [4.78, 5) is 32.0. The van der Waals surface area contributed by atoms with Gasteiger partial charge in [0.2, 0.25) is 5.91 Å². The standard InChI is InChI=1S/C30H39N7O/c38-28(35-13-1-2-14-35)22-33-16-18-34(19-17-33)27-9-3-8-26-32-25(21-37(26)27)20-36-15-5-7-24-11-10-23-6-4-12-31-29(23)30(24)36/h3-4,6,8-9,12,21,24,30H,1-2,5,7,10-11,13-20,22H2/t24-,30-/m0/s1. The van der Waals surface area contributed by atoms with Crippen molar-refractivity contribution >= 4 is 17.4 Å². The highest BCUT2D eigenvalue weighted by Crippen LogP contribution is 2.43. The van der Waals surface area contributed by atoms with Gasteiger partial charge < -0.3 is 9.80 Å². The first-order valence-electron chi connectivity index (χ1n) is 14.6. The molecule has 6 heterocycles. The highest BCUT2D eigenvalue weighted by Gasteiger charge is 2.37. The van der Waals surface area contributed by atoms with Crippen molar-refractivity contribution in [3.8, 4) is 0 Å². The Bertz CT molecular complexity index is 1290. The van der Waals surface area contributed by atoms with Crippen molar-refractivity contribution in [2.75, 3.05) is 57.3 Å². The van der Waals surface area contributed by atoms with Crippen LogP contribution in [0.2, 0.25) is 0 Å². The lowest BCUT2D eigenvalue weighted by Gasteiger charge is -2.44. The average Bonchev–Trinajstić information content (AvgIpc) is 3.64. The number of rotatable bonds is 5. The Balaban J connectivity index is 1.06. The molecule has 3 fully saturated rings. The van der Waals surface area contributed by atoms with E-state index in [-0.39, 0.29) is 0 Å². The predicted molar refractivity (Wildman–Crippen MR) is 148 cm³/mol. The van der Waals surface area contributed by atoms with Gasteiger partial charge in [0.05, 0.1) is 24.0 Å². The van der Waals surface area contributed by atoms with Gasteiger partial charge in [0.1, 0.15) is 11.5 Å². The average molecular weight is 514 g/mol. The maximum atomic E-state index is 12.6. The molecule has 3 aromatic heterocycles. The van der Waals surface area contributed by atoms with Gasteiger partial charge in [-0.25, -0.2) is 4.98 Å². The maximum absolute atomic E-state index is 12.6. The minimum absolute atomic E-state index is 0.299. The minimum atomic E-state index is 0.299. The third-order valence-electron chi connectivity index (χ3n) is 9.25. The van der Waals surface area contributed by atoms with Crippen molar-refractivity contribution in [3.05, 3.63) is 59.7 Å². The molecule has 0 saturated carbocycles. The Morgan fingerprint density at radius 1 is 0.921 bits per heavy atom. The molecule has 3 saturated heterocycles. The Hall–Kier alpha value is -2.97. The number of aryl methyl sites for hydroxylation is 1. The number of fused-ring (bicyclic) bond motifs is 4. The number of carbonyl (C=O) groups is 1. The number of piperazine rings is 1. The molecule has 8 nitrogen and oxygen atoms in total. The fraction of sp³-hybridized carbons (Fsp3) is 0.567. The van der Waals surface area contributed by atoms with E-state index in [4.69, 9.17) is 9.97 Å². The molecule has 0 N–H and O–H groups in total. The van der Waals surface area contributed by atoms with Crippen LogP contribution in [0.15, 0.2) is 42.7 Å². The fourth-order valence-corrected chi connectivity index (χ4v) is 7.28. The van der Waals surface area contributed by atoms with E-state index in [0.29, 0.717) is 24.4 Å². The predicted octanol–water partition coefficient (Wildman–Crippen LogP) is 3.37. The molecule has 200 valence electrons. The minimum Gasteiger partial charge on any atom is -0.355 e. The van der Waals surface area contributed by atoms with Crippen molar-refractivity contribution < 1.29 is 4.79 Å². The smallest absolute Gasteiger partial charge is 0.236 e. The van der Waals surface area contributed by atoms with Crippen molar-refractivity contribution in [2.45, 2.75) is 51.1 Å². The molecular weight excluding hydrogens is 474 g/mol. The van der Waals surface area contributed by atoms with Gasteiger partial charge in [0.25, 0.3) is 0 Å². The molecule has 2 atom stereocenters. The molecule has 0 radical (unpaired) electrons. The number of aromatic nitrogens is 3. The van der Waals surface area contributed by atoms with E-state index in [1.807, 2.05) is 11.1 Å². The summed E-state index contributed by atoms with van der Waals surface area (Å²) < 4.78 is 2.27. The monoisotopic (exact) mass is 513 g/mol. The number of pyridine rings is 2. The quantitative estimate of drug-likeness (QED) is 0.522. The summed E-state index contributed by atoms with van der Waals surface area (Å²) in [5.41, 5.74) is 4.88. The number of imidazole rings is 1. The van der Waals surface area contributed by atoms with Crippen molar-refractivity contribution in [2.24, 2.45) is 5.92 Å². The van der Waals surface area contributed by atoms with E-state index in [9.17, 15) is 4.79 Å².